The number of pyridine rings is 1. The molecule has 2 heterocycles. The number of hydrogen-bond donors (Lipinski definition) is 1. The largest absolute Gasteiger partial charge is 0.379 e. The Morgan fingerprint density at radius 2 is 2.05 bits per heavy atom. The van der Waals surface area contributed by atoms with Crippen molar-refractivity contribution >= 4 is 16.7 Å². The van der Waals surface area contributed by atoms with Gasteiger partial charge in [-0.1, -0.05) is 6.07 Å². The van der Waals surface area contributed by atoms with Gasteiger partial charge in [0.05, 0.1) is 11.4 Å². The molecule has 0 aliphatic rings. The first-order valence-corrected chi connectivity index (χ1v) is 6.83. The van der Waals surface area contributed by atoms with Crippen molar-refractivity contribution in [2.45, 2.75) is 20.4 Å². The maximum absolute atomic E-state index is 13.8. The molecule has 0 radical (unpaired) electrons. The molecule has 3 rings (SSSR count). The van der Waals surface area contributed by atoms with E-state index < -0.39 is 0 Å². The Balaban J connectivity index is 1.83. The molecule has 0 saturated heterocycles. The van der Waals surface area contributed by atoms with Gasteiger partial charge in [-0.25, -0.2) is 9.37 Å². The third-order valence-electron chi connectivity index (χ3n) is 3.53. The second kappa shape index (κ2) is 5.16. The van der Waals surface area contributed by atoms with E-state index in [1.165, 1.54) is 6.07 Å². The van der Waals surface area contributed by atoms with E-state index in [2.05, 4.69) is 15.4 Å². The minimum absolute atomic E-state index is 0.235. The van der Waals surface area contributed by atoms with Gasteiger partial charge in [-0.3, -0.25) is 4.68 Å². The second-order valence-corrected chi connectivity index (χ2v) is 5.26. The highest BCUT2D eigenvalue weighted by Gasteiger charge is 2.07. The van der Waals surface area contributed by atoms with Crippen LogP contribution in [0.3, 0.4) is 0 Å². The molecule has 21 heavy (non-hydrogen) atoms. The Labute approximate surface area is 122 Å². The summed E-state index contributed by atoms with van der Waals surface area (Å²) in [6, 6.07) is 7.21. The molecule has 0 fully saturated rings. The van der Waals surface area contributed by atoms with Crippen LogP contribution in [-0.2, 0) is 13.6 Å². The molecule has 2 aromatic heterocycles. The molecule has 4 nitrogen and oxygen atoms in total. The number of fused-ring (bicyclic) bond motifs is 1. The number of hydrogen-bond acceptors (Lipinski definition) is 3. The van der Waals surface area contributed by atoms with Crippen LogP contribution in [0.2, 0.25) is 0 Å². The van der Waals surface area contributed by atoms with Crippen LogP contribution in [0.15, 0.2) is 30.5 Å². The Morgan fingerprint density at radius 1 is 1.24 bits per heavy atom. The molecule has 0 bridgehead atoms. The normalized spacial score (nSPS) is 11.0. The zero-order chi connectivity index (χ0) is 15.0. The summed E-state index contributed by atoms with van der Waals surface area (Å²) < 4.78 is 15.5. The number of anilines is 1. The van der Waals surface area contributed by atoms with Crippen LogP contribution >= 0.6 is 0 Å². The summed E-state index contributed by atoms with van der Waals surface area (Å²) in [7, 11) is 1.88. The number of halogens is 1. The van der Waals surface area contributed by atoms with Gasteiger partial charge in [-0.15, -0.1) is 0 Å². The Morgan fingerprint density at radius 3 is 2.81 bits per heavy atom. The molecular formula is C16H17FN4. The standard InChI is InChI=1S/C16H17FN4/c1-10-4-5-15(14(17)6-10)18-8-12-7-13-11(2)20-21(3)16(13)19-9-12/h4-7,9,18H,8H2,1-3H3. The van der Waals surface area contributed by atoms with Crippen molar-refractivity contribution < 1.29 is 4.39 Å². The van der Waals surface area contributed by atoms with Gasteiger partial charge in [0.15, 0.2) is 5.65 Å². The minimum Gasteiger partial charge on any atom is -0.379 e. The predicted molar refractivity (Wildman–Crippen MR) is 81.7 cm³/mol. The average Bonchev–Trinajstić information content (AvgIpc) is 2.73. The highest BCUT2D eigenvalue weighted by Crippen LogP contribution is 2.19. The fourth-order valence-corrected chi connectivity index (χ4v) is 2.41. The van der Waals surface area contributed by atoms with Crippen molar-refractivity contribution in [3.05, 3.63) is 53.1 Å². The van der Waals surface area contributed by atoms with Crippen LogP contribution in [0.5, 0.6) is 0 Å². The van der Waals surface area contributed by atoms with Crippen LogP contribution in [0.1, 0.15) is 16.8 Å². The maximum atomic E-state index is 13.8. The zero-order valence-electron chi connectivity index (χ0n) is 12.3. The third-order valence-corrected chi connectivity index (χ3v) is 3.53. The van der Waals surface area contributed by atoms with Gasteiger partial charge in [0.2, 0.25) is 0 Å². The fraction of sp³-hybridized carbons (Fsp3) is 0.250. The van der Waals surface area contributed by atoms with Crippen LogP contribution in [-0.4, -0.2) is 14.8 Å². The van der Waals surface area contributed by atoms with Gasteiger partial charge in [0, 0.05) is 25.2 Å². The lowest BCUT2D eigenvalue weighted by Crippen LogP contribution is -2.02. The van der Waals surface area contributed by atoms with E-state index in [9.17, 15) is 4.39 Å². The molecule has 0 atom stereocenters. The molecule has 0 aliphatic carbocycles. The molecule has 0 amide bonds. The van der Waals surface area contributed by atoms with Gasteiger partial charge in [0.25, 0.3) is 0 Å². The molecule has 0 saturated carbocycles. The average molecular weight is 284 g/mol. The Kier molecular flexibility index (Phi) is 3.33. The number of nitrogens with zero attached hydrogens (tertiary/aromatic N) is 3. The van der Waals surface area contributed by atoms with Crippen molar-refractivity contribution in [3.8, 4) is 0 Å². The van der Waals surface area contributed by atoms with Gasteiger partial charge >= 0.3 is 0 Å². The quantitative estimate of drug-likeness (QED) is 0.802. The molecule has 0 spiro atoms. The highest BCUT2D eigenvalue weighted by atomic mass is 19.1. The summed E-state index contributed by atoms with van der Waals surface area (Å²) in [4.78, 5) is 4.42. The summed E-state index contributed by atoms with van der Waals surface area (Å²) in [5.74, 6) is -0.235. The molecule has 3 aromatic rings. The summed E-state index contributed by atoms with van der Waals surface area (Å²) in [6.07, 6.45) is 1.79. The molecule has 1 N–H and O–H groups in total. The van der Waals surface area contributed by atoms with Crippen LogP contribution in [0.4, 0.5) is 10.1 Å². The lowest BCUT2D eigenvalue weighted by molar-refractivity contribution is 0.629. The van der Waals surface area contributed by atoms with Crippen molar-refractivity contribution in [2.75, 3.05) is 5.32 Å². The third kappa shape index (κ3) is 2.59. The van der Waals surface area contributed by atoms with Gasteiger partial charge in [-0.2, -0.15) is 5.10 Å². The monoisotopic (exact) mass is 284 g/mol. The Hall–Kier alpha value is -2.43. The molecule has 0 unspecified atom stereocenters. The van der Waals surface area contributed by atoms with Gasteiger partial charge in [-0.05, 0) is 43.2 Å². The molecule has 1 aromatic carbocycles. The van der Waals surface area contributed by atoms with E-state index in [1.54, 1.807) is 16.9 Å². The fourth-order valence-electron chi connectivity index (χ4n) is 2.41. The van der Waals surface area contributed by atoms with E-state index in [0.717, 1.165) is 27.9 Å². The molecule has 0 aliphatic heterocycles. The molecular weight excluding hydrogens is 267 g/mol. The highest BCUT2D eigenvalue weighted by molar-refractivity contribution is 5.78. The number of rotatable bonds is 3. The van der Waals surface area contributed by atoms with Gasteiger partial charge < -0.3 is 5.32 Å². The van der Waals surface area contributed by atoms with E-state index in [0.29, 0.717) is 12.2 Å². The SMILES string of the molecule is Cc1ccc(NCc2cnc3c(c2)c(C)nn3C)c(F)c1. The summed E-state index contributed by atoms with van der Waals surface area (Å²) in [5.41, 5.74) is 4.22. The van der Waals surface area contributed by atoms with E-state index >= 15 is 0 Å². The predicted octanol–water partition coefficient (Wildman–Crippen LogP) is 3.34. The lowest BCUT2D eigenvalue weighted by Gasteiger charge is -2.08. The van der Waals surface area contributed by atoms with Gasteiger partial charge in [0.1, 0.15) is 5.82 Å². The number of benzene rings is 1. The maximum Gasteiger partial charge on any atom is 0.157 e. The first-order chi connectivity index (χ1) is 10.0. The Bertz CT molecular complexity index is 807. The van der Waals surface area contributed by atoms with Crippen molar-refractivity contribution in [1.82, 2.24) is 14.8 Å². The second-order valence-electron chi connectivity index (χ2n) is 5.26. The minimum atomic E-state index is -0.235. The summed E-state index contributed by atoms with van der Waals surface area (Å²) in [6.45, 7) is 4.36. The van der Waals surface area contributed by atoms with E-state index in [-0.39, 0.29) is 5.82 Å². The number of aryl methyl sites for hydroxylation is 3. The van der Waals surface area contributed by atoms with Crippen molar-refractivity contribution in [1.29, 1.82) is 0 Å². The zero-order valence-corrected chi connectivity index (χ0v) is 12.3. The van der Waals surface area contributed by atoms with E-state index in [4.69, 9.17) is 0 Å². The van der Waals surface area contributed by atoms with Crippen LogP contribution in [0.25, 0.3) is 11.0 Å². The van der Waals surface area contributed by atoms with Crippen LogP contribution < -0.4 is 5.32 Å². The van der Waals surface area contributed by atoms with Crippen molar-refractivity contribution in [2.24, 2.45) is 7.05 Å². The first kappa shape index (κ1) is 13.5. The number of aromatic nitrogens is 3. The summed E-state index contributed by atoms with van der Waals surface area (Å²) in [5, 5.41) is 8.48. The smallest absolute Gasteiger partial charge is 0.157 e. The topological polar surface area (TPSA) is 42.7 Å². The number of nitrogens with one attached hydrogen (secondary N) is 1. The summed E-state index contributed by atoms with van der Waals surface area (Å²) >= 11 is 0. The van der Waals surface area contributed by atoms with Crippen LogP contribution in [0, 0.1) is 19.7 Å². The molecule has 5 heteroatoms. The lowest BCUT2D eigenvalue weighted by atomic mass is 10.2. The first-order valence-electron chi connectivity index (χ1n) is 6.83. The molecule has 108 valence electrons. The van der Waals surface area contributed by atoms with Crippen molar-refractivity contribution in [3.63, 3.8) is 0 Å². The van der Waals surface area contributed by atoms with E-state index in [1.807, 2.05) is 33.0 Å².